The maximum absolute atomic E-state index is 6.22. The van der Waals surface area contributed by atoms with E-state index in [4.69, 9.17) is 11.6 Å². The molecule has 1 heterocycles. The first kappa shape index (κ1) is 13.8. The van der Waals surface area contributed by atoms with E-state index >= 15 is 0 Å². The highest BCUT2D eigenvalue weighted by Crippen LogP contribution is 2.29. The fourth-order valence-corrected chi connectivity index (χ4v) is 3.21. The smallest absolute Gasteiger partial charge is 0.0621 e. The Morgan fingerprint density at radius 1 is 1.39 bits per heavy atom. The number of halogens is 1. The summed E-state index contributed by atoms with van der Waals surface area (Å²) in [4.78, 5) is 4.06. The molecule has 1 fully saturated rings. The first-order valence-electron chi connectivity index (χ1n) is 7.13. The lowest BCUT2D eigenvalue weighted by Gasteiger charge is -2.31. The van der Waals surface area contributed by atoms with Crippen LogP contribution in [0.15, 0.2) is 18.5 Å². The zero-order valence-electron chi connectivity index (χ0n) is 11.2. The quantitative estimate of drug-likeness (QED) is 0.876. The third-order valence-electron chi connectivity index (χ3n) is 3.98. The summed E-state index contributed by atoms with van der Waals surface area (Å²) in [7, 11) is 0. The molecule has 0 saturated heterocycles. The van der Waals surface area contributed by atoms with Crippen LogP contribution in [0.3, 0.4) is 0 Å². The van der Waals surface area contributed by atoms with Gasteiger partial charge >= 0.3 is 0 Å². The number of likely N-dealkylation sites (N-methyl/N-ethyl adjacent to an activating group) is 1. The fourth-order valence-electron chi connectivity index (χ4n) is 3.01. The third kappa shape index (κ3) is 3.69. The van der Waals surface area contributed by atoms with E-state index in [0.29, 0.717) is 6.04 Å². The topological polar surface area (TPSA) is 24.9 Å². The molecule has 2 nitrogen and oxygen atoms in total. The summed E-state index contributed by atoms with van der Waals surface area (Å²) in [5.41, 5.74) is 1.23. The van der Waals surface area contributed by atoms with Crippen LogP contribution in [0, 0.1) is 5.92 Å². The van der Waals surface area contributed by atoms with Crippen LogP contribution >= 0.6 is 11.6 Å². The standard InChI is InChI=1S/C15H23ClN2/c1-2-18-15(12-6-4-3-5-7-12)10-13-8-9-17-11-14(13)16/h8-9,11-12,15,18H,2-7,10H2,1H3. The van der Waals surface area contributed by atoms with Gasteiger partial charge in [0, 0.05) is 18.4 Å². The van der Waals surface area contributed by atoms with Gasteiger partial charge < -0.3 is 5.32 Å². The maximum Gasteiger partial charge on any atom is 0.0621 e. The molecule has 0 amide bonds. The number of rotatable bonds is 5. The second-order valence-corrected chi connectivity index (χ2v) is 5.64. The minimum absolute atomic E-state index is 0.565. The van der Waals surface area contributed by atoms with E-state index in [1.807, 2.05) is 6.20 Å². The molecule has 0 bridgehead atoms. The lowest BCUT2D eigenvalue weighted by Crippen LogP contribution is -2.39. The van der Waals surface area contributed by atoms with Crippen LogP contribution in [-0.2, 0) is 6.42 Å². The van der Waals surface area contributed by atoms with Gasteiger partial charge in [-0.3, -0.25) is 4.98 Å². The molecule has 1 aliphatic carbocycles. The van der Waals surface area contributed by atoms with Crippen molar-refractivity contribution in [2.24, 2.45) is 5.92 Å². The number of hydrogen-bond acceptors (Lipinski definition) is 2. The molecule has 1 saturated carbocycles. The Hall–Kier alpha value is -0.600. The van der Waals surface area contributed by atoms with Gasteiger partial charge in [0.05, 0.1) is 5.02 Å². The highest BCUT2D eigenvalue weighted by atomic mass is 35.5. The van der Waals surface area contributed by atoms with Crippen molar-refractivity contribution >= 4 is 11.6 Å². The SMILES string of the molecule is CCNC(Cc1ccncc1Cl)C1CCCCC1. The van der Waals surface area contributed by atoms with E-state index in [-0.39, 0.29) is 0 Å². The number of aromatic nitrogens is 1. The van der Waals surface area contributed by atoms with Crippen molar-refractivity contribution in [1.29, 1.82) is 0 Å². The molecule has 0 aromatic carbocycles. The number of nitrogens with zero attached hydrogens (tertiary/aromatic N) is 1. The molecule has 2 rings (SSSR count). The molecule has 1 aromatic rings. The Labute approximate surface area is 115 Å². The average Bonchev–Trinajstić information content (AvgIpc) is 2.42. The van der Waals surface area contributed by atoms with E-state index in [9.17, 15) is 0 Å². The zero-order chi connectivity index (χ0) is 12.8. The van der Waals surface area contributed by atoms with Gasteiger partial charge in [-0.2, -0.15) is 0 Å². The minimum Gasteiger partial charge on any atom is -0.314 e. The van der Waals surface area contributed by atoms with E-state index in [1.54, 1.807) is 6.20 Å². The molecule has 3 heteroatoms. The fraction of sp³-hybridized carbons (Fsp3) is 0.667. The summed E-state index contributed by atoms with van der Waals surface area (Å²) in [5, 5.41) is 4.45. The van der Waals surface area contributed by atoms with Crippen molar-refractivity contribution in [3.63, 3.8) is 0 Å². The molecule has 100 valence electrons. The van der Waals surface area contributed by atoms with Crippen molar-refractivity contribution in [3.05, 3.63) is 29.0 Å². The normalized spacial score (nSPS) is 18.8. The molecule has 1 atom stereocenters. The highest BCUT2D eigenvalue weighted by molar-refractivity contribution is 6.31. The molecular weight excluding hydrogens is 244 g/mol. The Morgan fingerprint density at radius 2 is 2.17 bits per heavy atom. The van der Waals surface area contributed by atoms with Gasteiger partial charge in [-0.25, -0.2) is 0 Å². The Morgan fingerprint density at radius 3 is 2.83 bits per heavy atom. The molecule has 0 radical (unpaired) electrons. The van der Waals surface area contributed by atoms with Crippen LogP contribution in [0.1, 0.15) is 44.6 Å². The van der Waals surface area contributed by atoms with Gasteiger partial charge in [0.2, 0.25) is 0 Å². The lowest BCUT2D eigenvalue weighted by molar-refractivity contribution is 0.269. The van der Waals surface area contributed by atoms with Gasteiger partial charge in [-0.15, -0.1) is 0 Å². The van der Waals surface area contributed by atoms with Crippen molar-refractivity contribution < 1.29 is 0 Å². The second-order valence-electron chi connectivity index (χ2n) is 5.23. The summed E-state index contributed by atoms with van der Waals surface area (Å²) in [6, 6.07) is 2.62. The van der Waals surface area contributed by atoms with Crippen molar-refractivity contribution in [1.82, 2.24) is 10.3 Å². The van der Waals surface area contributed by atoms with Gasteiger partial charge in [-0.1, -0.05) is 37.8 Å². The minimum atomic E-state index is 0.565. The van der Waals surface area contributed by atoms with E-state index in [0.717, 1.165) is 23.9 Å². The Kier molecular flexibility index (Phi) is 5.45. The number of nitrogens with one attached hydrogen (secondary N) is 1. The highest BCUT2D eigenvalue weighted by Gasteiger charge is 2.23. The van der Waals surface area contributed by atoms with Gasteiger partial charge in [0.15, 0.2) is 0 Å². The number of pyridine rings is 1. The zero-order valence-corrected chi connectivity index (χ0v) is 11.9. The van der Waals surface area contributed by atoms with E-state index in [1.165, 1.54) is 37.7 Å². The first-order chi connectivity index (χ1) is 8.81. The van der Waals surface area contributed by atoms with Crippen LogP contribution in [-0.4, -0.2) is 17.6 Å². The molecule has 1 aromatic heterocycles. The third-order valence-corrected chi connectivity index (χ3v) is 4.32. The number of hydrogen-bond donors (Lipinski definition) is 1. The van der Waals surface area contributed by atoms with E-state index < -0.39 is 0 Å². The molecular formula is C15H23ClN2. The van der Waals surface area contributed by atoms with Crippen LogP contribution in [0.25, 0.3) is 0 Å². The summed E-state index contributed by atoms with van der Waals surface area (Å²) < 4.78 is 0. The van der Waals surface area contributed by atoms with Crippen molar-refractivity contribution in [2.75, 3.05) is 6.54 Å². The Bertz CT molecular complexity index is 361. The molecule has 1 N–H and O–H groups in total. The summed E-state index contributed by atoms with van der Waals surface area (Å²) in [5.74, 6) is 0.808. The predicted molar refractivity (Wildman–Crippen MR) is 77.0 cm³/mol. The predicted octanol–water partition coefficient (Wildman–Crippen LogP) is 3.84. The average molecular weight is 267 g/mol. The van der Waals surface area contributed by atoms with E-state index in [2.05, 4.69) is 23.3 Å². The van der Waals surface area contributed by atoms with Crippen LogP contribution in [0.5, 0.6) is 0 Å². The maximum atomic E-state index is 6.22. The molecule has 1 aliphatic rings. The summed E-state index contributed by atoms with van der Waals surface area (Å²) >= 11 is 6.22. The van der Waals surface area contributed by atoms with Gasteiger partial charge in [-0.05, 0) is 43.4 Å². The summed E-state index contributed by atoms with van der Waals surface area (Å²) in [6.45, 7) is 3.22. The van der Waals surface area contributed by atoms with Gasteiger partial charge in [0.25, 0.3) is 0 Å². The second kappa shape index (κ2) is 7.10. The molecule has 1 unspecified atom stereocenters. The van der Waals surface area contributed by atoms with Crippen LogP contribution < -0.4 is 5.32 Å². The Balaban J connectivity index is 2.03. The summed E-state index contributed by atoms with van der Waals surface area (Å²) in [6.07, 6.45) is 11.5. The van der Waals surface area contributed by atoms with Crippen LogP contribution in [0.4, 0.5) is 0 Å². The first-order valence-corrected chi connectivity index (χ1v) is 7.50. The van der Waals surface area contributed by atoms with Crippen LogP contribution in [0.2, 0.25) is 5.02 Å². The lowest BCUT2D eigenvalue weighted by atomic mass is 9.81. The van der Waals surface area contributed by atoms with Crippen molar-refractivity contribution in [2.45, 2.75) is 51.5 Å². The molecule has 18 heavy (non-hydrogen) atoms. The molecule has 0 spiro atoms. The monoisotopic (exact) mass is 266 g/mol. The molecule has 0 aliphatic heterocycles. The van der Waals surface area contributed by atoms with Gasteiger partial charge in [0.1, 0.15) is 0 Å². The van der Waals surface area contributed by atoms with Crippen molar-refractivity contribution in [3.8, 4) is 0 Å². The largest absolute Gasteiger partial charge is 0.314 e.